The molecule has 1 amide bonds. The van der Waals surface area contributed by atoms with E-state index < -0.39 is 0 Å². The van der Waals surface area contributed by atoms with Gasteiger partial charge in [-0.2, -0.15) is 0 Å². The summed E-state index contributed by atoms with van der Waals surface area (Å²) in [5, 5.41) is 3.53. The Labute approximate surface area is 183 Å². The molecule has 0 saturated carbocycles. The average molecular weight is 436 g/mol. The lowest BCUT2D eigenvalue weighted by Gasteiger charge is -2.18. The fourth-order valence-electron chi connectivity index (χ4n) is 3.35. The Bertz CT molecular complexity index is 1140. The number of hydrogen-bond donors (Lipinski definition) is 1. The van der Waals surface area contributed by atoms with Crippen LogP contribution in [0.5, 0.6) is 0 Å². The topological polar surface area (TPSA) is 63.2 Å². The van der Waals surface area contributed by atoms with Crippen molar-refractivity contribution < 1.29 is 14.4 Å². The van der Waals surface area contributed by atoms with E-state index in [9.17, 15) is 14.4 Å². The monoisotopic (exact) mass is 435 g/mol. The molecule has 0 atom stereocenters. The summed E-state index contributed by atoms with van der Waals surface area (Å²) in [6.07, 6.45) is 1.09. The largest absolute Gasteiger partial charge is 0.326 e. The molecule has 0 fully saturated rings. The van der Waals surface area contributed by atoms with Crippen molar-refractivity contribution in [1.82, 2.24) is 0 Å². The van der Waals surface area contributed by atoms with Crippen LogP contribution >= 0.6 is 23.4 Å². The van der Waals surface area contributed by atoms with E-state index in [1.807, 2.05) is 24.3 Å². The zero-order valence-corrected chi connectivity index (χ0v) is 17.6. The quantitative estimate of drug-likeness (QED) is 0.315. The van der Waals surface area contributed by atoms with E-state index >= 15 is 0 Å². The molecule has 1 aliphatic rings. The normalized spacial score (nSPS) is 12.3. The maximum atomic E-state index is 12.8. The van der Waals surface area contributed by atoms with Crippen molar-refractivity contribution in [3.63, 3.8) is 0 Å². The molecule has 0 saturated heterocycles. The summed E-state index contributed by atoms with van der Waals surface area (Å²) in [5.41, 5.74) is 2.04. The van der Waals surface area contributed by atoms with Crippen LogP contribution in [0, 0.1) is 0 Å². The Kier molecular flexibility index (Phi) is 6.02. The highest BCUT2D eigenvalue weighted by Gasteiger charge is 2.29. The number of thioether (sulfide) groups is 1. The molecular weight excluding hydrogens is 418 g/mol. The standard InChI is InChI=1S/C24H18ClNO3S/c25-15-7-10-17(11-8-15)30-13-3-6-22(27)26-16-9-12-20-21(14-16)24(29)19-5-2-1-4-18(19)23(20)28/h1-2,4-5,7-12,14H,3,6,13H2,(H,26,27). The molecule has 0 unspecified atom stereocenters. The van der Waals surface area contributed by atoms with Gasteiger partial charge in [0.2, 0.25) is 5.91 Å². The van der Waals surface area contributed by atoms with E-state index in [4.69, 9.17) is 11.6 Å². The van der Waals surface area contributed by atoms with Gasteiger partial charge in [0.05, 0.1) is 0 Å². The van der Waals surface area contributed by atoms with E-state index in [1.165, 1.54) is 0 Å². The van der Waals surface area contributed by atoms with Crippen molar-refractivity contribution in [3.05, 3.63) is 94.0 Å². The van der Waals surface area contributed by atoms with Crippen molar-refractivity contribution in [2.75, 3.05) is 11.1 Å². The molecule has 3 aromatic rings. The maximum absolute atomic E-state index is 12.8. The molecule has 0 aliphatic heterocycles. The van der Waals surface area contributed by atoms with E-state index in [0.717, 1.165) is 17.1 Å². The molecule has 0 spiro atoms. The first-order valence-corrected chi connectivity index (χ1v) is 10.9. The molecule has 4 nitrogen and oxygen atoms in total. The van der Waals surface area contributed by atoms with Crippen LogP contribution in [0.1, 0.15) is 44.7 Å². The molecule has 0 heterocycles. The zero-order valence-electron chi connectivity index (χ0n) is 16.0. The first-order valence-electron chi connectivity index (χ1n) is 9.53. The van der Waals surface area contributed by atoms with Crippen LogP contribution in [0.4, 0.5) is 5.69 Å². The van der Waals surface area contributed by atoms with Crippen molar-refractivity contribution in [2.45, 2.75) is 17.7 Å². The van der Waals surface area contributed by atoms with Gasteiger partial charge in [-0.05, 0) is 54.6 Å². The number of hydrogen-bond acceptors (Lipinski definition) is 4. The van der Waals surface area contributed by atoms with Gasteiger partial charge in [0.15, 0.2) is 11.6 Å². The zero-order chi connectivity index (χ0) is 21.1. The number of benzene rings is 3. The minimum atomic E-state index is -0.198. The summed E-state index contributed by atoms with van der Waals surface area (Å²) in [7, 11) is 0. The van der Waals surface area contributed by atoms with Gasteiger partial charge in [0.1, 0.15) is 0 Å². The van der Waals surface area contributed by atoms with E-state index in [0.29, 0.717) is 39.4 Å². The Balaban J connectivity index is 1.36. The molecule has 3 aromatic carbocycles. The van der Waals surface area contributed by atoms with Gasteiger partial charge in [0.25, 0.3) is 0 Å². The van der Waals surface area contributed by atoms with Gasteiger partial charge in [-0.3, -0.25) is 14.4 Å². The summed E-state index contributed by atoms with van der Waals surface area (Å²) in [6.45, 7) is 0. The third-order valence-electron chi connectivity index (χ3n) is 4.84. The highest BCUT2D eigenvalue weighted by atomic mass is 35.5. The van der Waals surface area contributed by atoms with Crippen molar-refractivity contribution >= 4 is 46.5 Å². The number of ketones is 2. The van der Waals surface area contributed by atoms with Crippen molar-refractivity contribution in [3.8, 4) is 0 Å². The SMILES string of the molecule is O=C(CCCSc1ccc(Cl)cc1)Nc1ccc2c(c1)C(=O)c1ccccc1C2=O. The molecular formula is C24H18ClNO3S. The van der Waals surface area contributed by atoms with Gasteiger partial charge >= 0.3 is 0 Å². The highest BCUT2D eigenvalue weighted by Crippen LogP contribution is 2.29. The number of anilines is 1. The lowest BCUT2D eigenvalue weighted by molar-refractivity contribution is -0.116. The first kappa shape index (κ1) is 20.4. The second-order valence-electron chi connectivity index (χ2n) is 6.92. The molecule has 1 aliphatic carbocycles. The Morgan fingerprint density at radius 3 is 2.17 bits per heavy atom. The predicted molar refractivity (Wildman–Crippen MR) is 120 cm³/mol. The fraction of sp³-hybridized carbons (Fsp3) is 0.125. The van der Waals surface area contributed by atoms with E-state index in [-0.39, 0.29) is 17.5 Å². The summed E-state index contributed by atoms with van der Waals surface area (Å²) >= 11 is 7.55. The number of halogens is 1. The third kappa shape index (κ3) is 4.32. The van der Waals surface area contributed by atoms with Gasteiger partial charge in [0, 0.05) is 44.3 Å². The van der Waals surface area contributed by atoms with Crippen LogP contribution in [0.2, 0.25) is 5.02 Å². The van der Waals surface area contributed by atoms with Gasteiger partial charge in [-0.15, -0.1) is 11.8 Å². The second-order valence-corrected chi connectivity index (χ2v) is 8.52. The fourth-order valence-corrected chi connectivity index (χ4v) is 4.33. The minimum absolute atomic E-state index is 0.123. The Morgan fingerprint density at radius 2 is 1.47 bits per heavy atom. The van der Waals surface area contributed by atoms with Gasteiger partial charge < -0.3 is 5.32 Å². The lowest BCUT2D eigenvalue weighted by atomic mass is 9.84. The average Bonchev–Trinajstić information content (AvgIpc) is 2.76. The molecule has 0 aromatic heterocycles. The van der Waals surface area contributed by atoms with Crippen molar-refractivity contribution in [2.24, 2.45) is 0 Å². The number of carbonyl (C=O) groups is 3. The number of carbonyl (C=O) groups excluding carboxylic acids is 3. The molecule has 150 valence electrons. The van der Waals surface area contributed by atoms with Crippen LogP contribution < -0.4 is 5.32 Å². The van der Waals surface area contributed by atoms with Gasteiger partial charge in [-0.25, -0.2) is 0 Å². The number of fused-ring (bicyclic) bond motifs is 2. The predicted octanol–water partition coefficient (Wildman–Crippen LogP) is 5.63. The lowest BCUT2D eigenvalue weighted by Crippen LogP contribution is -2.21. The third-order valence-corrected chi connectivity index (χ3v) is 6.19. The molecule has 0 radical (unpaired) electrons. The summed E-state index contributed by atoms with van der Waals surface area (Å²) < 4.78 is 0. The summed E-state index contributed by atoms with van der Waals surface area (Å²) in [4.78, 5) is 38.8. The van der Waals surface area contributed by atoms with Crippen LogP contribution in [0.3, 0.4) is 0 Å². The van der Waals surface area contributed by atoms with Crippen LogP contribution in [0.15, 0.2) is 71.6 Å². The van der Waals surface area contributed by atoms with Crippen LogP contribution in [0.25, 0.3) is 0 Å². The summed E-state index contributed by atoms with van der Waals surface area (Å²) in [5.74, 6) is 0.317. The summed E-state index contributed by atoms with van der Waals surface area (Å²) in [6, 6.07) is 19.3. The molecule has 4 rings (SSSR count). The number of nitrogens with one attached hydrogen (secondary N) is 1. The minimum Gasteiger partial charge on any atom is -0.326 e. The van der Waals surface area contributed by atoms with Crippen LogP contribution in [-0.2, 0) is 4.79 Å². The molecule has 0 bridgehead atoms. The Hall–Kier alpha value is -2.89. The van der Waals surface area contributed by atoms with E-state index in [1.54, 1.807) is 54.2 Å². The first-order chi connectivity index (χ1) is 14.5. The molecule has 6 heteroatoms. The Morgan fingerprint density at radius 1 is 0.833 bits per heavy atom. The molecule has 30 heavy (non-hydrogen) atoms. The van der Waals surface area contributed by atoms with Crippen molar-refractivity contribution in [1.29, 1.82) is 0 Å². The number of amides is 1. The maximum Gasteiger partial charge on any atom is 0.224 e. The molecule has 1 N–H and O–H groups in total. The van der Waals surface area contributed by atoms with Gasteiger partial charge in [-0.1, -0.05) is 35.9 Å². The highest BCUT2D eigenvalue weighted by molar-refractivity contribution is 7.99. The van der Waals surface area contributed by atoms with Crippen LogP contribution in [-0.4, -0.2) is 23.2 Å². The smallest absolute Gasteiger partial charge is 0.224 e. The second kappa shape index (κ2) is 8.86. The number of rotatable bonds is 6. The van der Waals surface area contributed by atoms with E-state index in [2.05, 4.69) is 5.32 Å².